The molecule has 0 aliphatic carbocycles. The summed E-state index contributed by atoms with van der Waals surface area (Å²) in [5.74, 6) is 3.78. The molecule has 13 N–H and O–H groups in total. The second-order valence-corrected chi connectivity index (χ2v) is 23.2. The number of aromatic hydroxyl groups is 1. The molecule has 0 radical (unpaired) electrons. The van der Waals surface area contributed by atoms with Crippen molar-refractivity contribution in [3.8, 4) is 17.6 Å². The highest BCUT2D eigenvalue weighted by Gasteiger charge is 2.49. The minimum absolute atomic E-state index is 0.00769. The first kappa shape index (κ1) is 63.2. The zero-order valence-corrected chi connectivity index (χ0v) is 46.7. The van der Waals surface area contributed by atoms with Crippen LogP contribution in [0.3, 0.4) is 0 Å². The number of aryl methyl sites for hydroxylation is 3. The fourth-order valence-electron chi connectivity index (χ4n) is 12.5. The van der Waals surface area contributed by atoms with Crippen LogP contribution < -0.4 is 10.6 Å². The molecule has 12 unspecified atom stereocenters. The van der Waals surface area contributed by atoms with Gasteiger partial charge in [0.25, 0.3) is 0 Å². The molecule has 7 rings (SSSR count). The lowest BCUT2D eigenvalue weighted by Crippen LogP contribution is -2.66. The molecule has 3 aromatic rings. The fourth-order valence-corrected chi connectivity index (χ4v) is 12.5. The van der Waals surface area contributed by atoms with Gasteiger partial charge in [-0.2, -0.15) is 0 Å². The number of hydrogen-bond donors (Lipinski definition) is 13. The number of allylic oxidation sites excluding steroid dienone is 2. The first-order chi connectivity index (χ1) is 37.8. The van der Waals surface area contributed by atoms with Crippen LogP contribution in [-0.2, 0) is 48.1 Å². The summed E-state index contributed by atoms with van der Waals surface area (Å²) in [6.07, 6.45) is 4.01. The number of unbranched alkanes of at least 4 members (excludes halogenated alkanes) is 3. The molecule has 15 heteroatoms. The summed E-state index contributed by atoms with van der Waals surface area (Å²) in [6.45, 7) is 5.18. The summed E-state index contributed by atoms with van der Waals surface area (Å²) in [5, 5.41) is 132. The first-order valence-corrected chi connectivity index (χ1v) is 29.0. The lowest BCUT2D eigenvalue weighted by Gasteiger charge is -2.49. The maximum Gasteiger partial charge on any atom is 0.303 e. The first-order valence-electron chi connectivity index (χ1n) is 29.0. The maximum atomic E-state index is 13.7. The third kappa shape index (κ3) is 17.8. The van der Waals surface area contributed by atoms with Crippen molar-refractivity contribution < 1.29 is 65.8 Å². The Labute approximate surface area is 467 Å². The molecular weight excluding hydrogens is 1000 g/mol. The van der Waals surface area contributed by atoms with Crippen molar-refractivity contribution in [2.24, 2.45) is 11.8 Å². The van der Waals surface area contributed by atoms with Crippen LogP contribution in [-0.4, -0.2) is 141 Å². The van der Waals surface area contributed by atoms with Crippen LogP contribution in [0.2, 0.25) is 0 Å². The molecule has 1 fully saturated rings. The molecule has 12 atom stereocenters. The van der Waals surface area contributed by atoms with E-state index in [1.165, 1.54) is 0 Å². The summed E-state index contributed by atoms with van der Waals surface area (Å²) in [6, 6.07) is 16.6. The Morgan fingerprint density at radius 3 is 2.35 bits per heavy atom. The second-order valence-electron chi connectivity index (χ2n) is 23.2. The Morgan fingerprint density at radius 1 is 0.873 bits per heavy atom. The molecule has 0 aromatic heterocycles. The van der Waals surface area contributed by atoms with E-state index in [0.717, 1.165) is 36.0 Å². The standard InChI is InChI=1S/C64H90N2O13/c1-4-5-15-56(71)57(72)29-23-46-22-21-45-13-9-12-44(11-7-6-8-33-67)51(45)14-10-32-64(63(3,79)38-42-18-25-49(69)26-19-42)39-43-17-20-48(47(34-43)24-31-60(75)76)35-59(74)52-27-16-41(2)65-62(54(52)37-61(77)78)58(73)30-28-55(66-64)53(46)36-50(70)40-68/h9,12-13,17-20,23,25-26,29,34,41,50,52,54-59,62,65-74,79H,4-8,11,15-16,21-22,24,27-28,30-33,35-40H2,1-3H3,(H,75,76)(H,77,78). The van der Waals surface area contributed by atoms with Crippen molar-refractivity contribution in [2.75, 3.05) is 13.2 Å². The monoisotopic (exact) mass is 1090 g/mol. The zero-order chi connectivity index (χ0) is 57.3. The van der Waals surface area contributed by atoms with Gasteiger partial charge in [0.05, 0.1) is 54.7 Å². The number of aliphatic hydroxyl groups excluding tert-OH is 7. The average molecular weight is 1100 g/mol. The van der Waals surface area contributed by atoms with Gasteiger partial charge in [-0.15, -0.1) is 0 Å². The van der Waals surface area contributed by atoms with Crippen LogP contribution >= 0.6 is 0 Å². The number of carboxylic acid groups (broad SMARTS) is 2. The number of benzene rings is 3. The largest absolute Gasteiger partial charge is 0.508 e. The van der Waals surface area contributed by atoms with E-state index in [9.17, 15) is 65.8 Å². The number of nitrogens with one attached hydrogen (secondary N) is 2. The Morgan fingerprint density at radius 2 is 1.65 bits per heavy atom. The van der Waals surface area contributed by atoms with Crippen LogP contribution in [0.15, 0.2) is 84.0 Å². The number of fused-ring (bicyclic) bond motifs is 6. The zero-order valence-electron chi connectivity index (χ0n) is 46.7. The van der Waals surface area contributed by atoms with Gasteiger partial charge in [0.1, 0.15) is 5.75 Å². The van der Waals surface area contributed by atoms with E-state index < -0.39 is 84.1 Å². The van der Waals surface area contributed by atoms with E-state index in [-0.39, 0.29) is 82.6 Å². The quantitative estimate of drug-likeness (QED) is 0.0397. The molecule has 0 amide bonds. The van der Waals surface area contributed by atoms with Crippen LogP contribution in [0.25, 0.3) is 0 Å². The third-order valence-electron chi connectivity index (χ3n) is 17.1. The number of aliphatic carboxylic acids is 2. The lowest BCUT2D eigenvalue weighted by molar-refractivity contribution is -0.140. The van der Waals surface area contributed by atoms with Crippen molar-refractivity contribution in [2.45, 2.75) is 215 Å². The number of phenolic OH excluding ortho intramolecular Hbond substituents is 1. The van der Waals surface area contributed by atoms with Gasteiger partial charge in [-0.3, -0.25) is 9.59 Å². The summed E-state index contributed by atoms with van der Waals surface area (Å²) < 4.78 is 0. The molecule has 15 nitrogen and oxygen atoms in total. The Bertz CT molecular complexity index is 2570. The molecule has 1 saturated heterocycles. The van der Waals surface area contributed by atoms with Crippen molar-refractivity contribution in [1.82, 2.24) is 10.6 Å². The van der Waals surface area contributed by atoms with E-state index in [2.05, 4.69) is 28.5 Å². The van der Waals surface area contributed by atoms with Crippen molar-refractivity contribution in [1.29, 1.82) is 0 Å². The SMILES string of the molecule is CCCCC(O)C(O)C=CC1=C(CC(O)CO)C2CCC(O)C3NC(C)CCC(C(O)Cc4ccc(cc4CCC(=O)O)CC(C(C)(O)Cc4ccc(O)cc4)(CC#Cc4c(CCCCCO)cccc4CC1)N2)C3CC(=O)O. The van der Waals surface area contributed by atoms with E-state index in [1.54, 1.807) is 43.3 Å². The van der Waals surface area contributed by atoms with Gasteiger partial charge in [-0.05, 0) is 172 Å². The maximum absolute atomic E-state index is 13.7. The van der Waals surface area contributed by atoms with Gasteiger partial charge >= 0.3 is 11.9 Å². The van der Waals surface area contributed by atoms with Crippen molar-refractivity contribution in [3.05, 3.63) is 123 Å². The topological polar surface area (TPSA) is 281 Å². The second kappa shape index (κ2) is 30.2. The highest BCUT2D eigenvalue weighted by molar-refractivity contribution is 5.67. The molecule has 3 aromatic carbocycles. The summed E-state index contributed by atoms with van der Waals surface area (Å²) in [4.78, 5) is 25.1. The predicted molar refractivity (Wildman–Crippen MR) is 304 cm³/mol. The Balaban J connectivity index is 1.72. The molecule has 0 saturated carbocycles. The van der Waals surface area contributed by atoms with Crippen LogP contribution in [0.5, 0.6) is 5.75 Å². The summed E-state index contributed by atoms with van der Waals surface area (Å²) >= 11 is 0. The number of rotatable bonds is 22. The highest BCUT2D eigenvalue weighted by atomic mass is 16.4. The predicted octanol–water partition coefficient (Wildman–Crippen LogP) is 6.15. The van der Waals surface area contributed by atoms with Crippen LogP contribution in [0, 0.1) is 23.7 Å². The lowest BCUT2D eigenvalue weighted by atomic mass is 9.69. The number of carbonyl (C=O) groups is 2. The van der Waals surface area contributed by atoms with Gasteiger partial charge in [0.2, 0.25) is 0 Å². The number of aliphatic hydroxyl groups is 8. The fraction of sp³-hybridized carbons (Fsp3) is 0.594. The van der Waals surface area contributed by atoms with Crippen molar-refractivity contribution in [3.63, 3.8) is 0 Å². The molecule has 79 heavy (non-hydrogen) atoms. The number of carboxylic acids is 2. The molecule has 6 bridgehead atoms. The average Bonchev–Trinajstić information content (AvgIpc) is 3.68. The molecule has 4 heterocycles. The van der Waals surface area contributed by atoms with Crippen molar-refractivity contribution >= 4 is 11.9 Å². The summed E-state index contributed by atoms with van der Waals surface area (Å²) in [5.41, 5.74) is 3.62. The molecule has 434 valence electrons. The van der Waals surface area contributed by atoms with E-state index in [0.29, 0.717) is 84.8 Å². The minimum atomic E-state index is -1.73. The smallest absolute Gasteiger partial charge is 0.303 e. The molecule has 4 aliphatic rings. The van der Waals surface area contributed by atoms with Crippen LogP contribution in [0.1, 0.15) is 156 Å². The molecule has 4 aliphatic heterocycles. The van der Waals surface area contributed by atoms with Gasteiger partial charge in [-0.25, -0.2) is 0 Å². The molecular formula is C64H90N2O13. The summed E-state index contributed by atoms with van der Waals surface area (Å²) in [7, 11) is 0. The minimum Gasteiger partial charge on any atom is -0.508 e. The van der Waals surface area contributed by atoms with Gasteiger partial charge in [-0.1, -0.05) is 98.7 Å². The third-order valence-corrected chi connectivity index (χ3v) is 17.1. The highest BCUT2D eigenvalue weighted by Crippen LogP contribution is 2.40. The van der Waals surface area contributed by atoms with Gasteiger partial charge in [0, 0.05) is 49.6 Å². The van der Waals surface area contributed by atoms with Crippen LogP contribution in [0.4, 0.5) is 0 Å². The van der Waals surface area contributed by atoms with Gasteiger partial charge in [0.15, 0.2) is 0 Å². The molecule has 0 spiro atoms. The normalized spacial score (nSPS) is 26.1. The van der Waals surface area contributed by atoms with E-state index in [4.69, 9.17) is 0 Å². The Kier molecular flexibility index (Phi) is 24.2. The number of phenols is 1. The van der Waals surface area contributed by atoms with E-state index >= 15 is 0 Å². The number of hydrogen-bond acceptors (Lipinski definition) is 13. The van der Waals surface area contributed by atoms with Gasteiger partial charge < -0.3 is 66.8 Å². The van der Waals surface area contributed by atoms with E-state index in [1.807, 2.05) is 44.2 Å². The Hall–Kier alpha value is -4.96.